The minimum Gasteiger partial charge on any atom is -0.494 e. The van der Waals surface area contributed by atoms with Crippen molar-refractivity contribution in [2.24, 2.45) is 0 Å². The first-order chi connectivity index (χ1) is 12.8. The molecule has 0 bridgehead atoms. The summed E-state index contributed by atoms with van der Waals surface area (Å²) < 4.78 is 29.3. The molecule has 1 unspecified atom stereocenters. The molecule has 0 spiro atoms. The fraction of sp³-hybridized carbons (Fsp3) is 0.350. The second-order valence-corrected chi connectivity index (χ2v) is 8.97. The van der Waals surface area contributed by atoms with Crippen molar-refractivity contribution < 1.29 is 17.9 Å². The zero-order valence-electron chi connectivity index (χ0n) is 15.3. The fourth-order valence-corrected chi connectivity index (χ4v) is 4.70. The molecule has 0 aliphatic carbocycles. The third-order valence-electron chi connectivity index (χ3n) is 4.67. The molecule has 5 nitrogen and oxygen atoms in total. The Kier molecular flexibility index (Phi) is 5.77. The van der Waals surface area contributed by atoms with Crippen molar-refractivity contribution in [1.29, 1.82) is 0 Å². The van der Waals surface area contributed by atoms with Crippen LogP contribution in [0.25, 0.3) is 0 Å². The average Bonchev–Trinajstić information content (AvgIpc) is 3.11. The lowest BCUT2D eigenvalue weighted by atomic mass is 10.0. The number of halogens is 1. The van der Waals surface area contributed by atoms with Crippen molar-refractivity contribution in [3.05, 3.63) is 58.6 Å². The Morgan fingerprint density at radius 3 is 2.56 bits per heavy atom. The van der Waals surface area contributed by atoms with Crippen LogP contribution in [-0.2, 0) is 9.84 Å². The zero-order valence-corrected chi connectivity index (χ0v) is 16.9. The first-order valence-corrected chi connectivity index (χ1v) is 11.1. The Balaban J connectivity index is 1.88. The molecule has 144 valence electrons. The van der Waals surface area contributed by atoms with Gasteiger partial charge in [0.05, 0.1) is 22.6 Å². The zero-order chi connectivity index (χ0) is 19.6. The number of carbonyl (C=O) groups is 1. The van der Waals surface area contributed by atoms with Crippen molar-refractivity contribution in [2.75, 3.05) is 19.4 Å². The quantitative estimate of drug-likeness (QED) is 0.747. The van der Waals surface area contributed by atoms with Crippen LogP contribution in [0.5, 0.6) is 5.75 Å². The van der Waals surface area contributed by atoms with E-state index in [1.54, 1.807) is 11.0 Å². The van der Waals surface area contributed by atoms with Crippen LogP contribution in [0.15, 0.2) is 47.4 Å². The Bertz CT molecular complexity index is 941. The maximum absolute atomic E-state index is 13.1. The monoisotopic (exact) mass is 407 g/mol. The van der Waals surface area contributed by atoms with E-state index in [1.807, 2.05) is 31.2 Å². The van der Waals surface area contributed by atoms with Crippen LogP contribution in [0.2, 0.25) is 5.02 Å². The summed E-state index contributed by atoms with van der Waals surface area (Å²) in [4.78, 5) is 14.8. The largest absolute Gasteiger partial charge is 0.494 e. The van der Waals surface area contributed by atoms with Crippen LogP contribution in [0.4, 0.5) is 0 Å². The van der Waals surface area contributed by atoms with Gasteiger partial charge in [-0.1, -0.05) is 23.7 Å². The molecule has 2 aromatic carbocycles. The summed E-state index contributed by atoms with van der Waals surface area (Å²) in [6, 6.07) is 12.1. The van der Waals surface area contributed by atoms with Gasteiger partial charge in [-0.05, 0) is 55.7 Å². The van der Waals surface area contributed by atoms with Crippen LogP contribution in [-0.4, -0.2) is 38.6 Å². The van der Waals surface area contributed by atoms with Crippen molar-refractivity contribution in [2.45, 2.75) is 30.7 Å². The second-order valence-electron chi connectivity index (χ2n) is 6.58. The highest BCUT2D eigenvalue weighted by Gasteiger charge is 2.31. The molecule has 0 radical (unpaired) electrons. The Labute approximate surface area is 164 Å². The van der Waals surface area contributed by atoms with Gasteiger partial charge in [-0.25, -0.2) is 8.42 Å². The number of amides is 1. The van der Waals surface area contributed by atoms with E-state index in [0.717, 1.165) is 30.4 Å². The van der Waals surface area contributed by atoms with Gasteiger partial charge in [-0.3, -0.25) is 4.79 Å². The third-order valence-corrected chi connectivity index (χ3v) is 6.25. The highest BCUT2D eigenvalue weighted by molar-refractivity contribution is 7.90. The van der Waals surface area contributed by atoms with Crippen LogP contribution in [0.1, 0.15) is 41.7 Å². The molecule has 2 aromatic rings. The number of ether oxygens (including phenoxy) is 1. The smallest absolute Gasteiger partial charge is 0.254 e. The van der Waals surface area contributed by atoms with E-state index < -0.39 is 9.84 Å². The van der Waals surface area contributed by atoms with Gasteiger partial charge in [0.15, 0.2) is 9.84 Å². The summed E-state index contributed by atoms with van der Waals surface area (Å²) in [7, 11) is -3.51. The standard InChI is InChI=1S/C20H22ClNO4S/c1-3-26-16-9-6-14(7-10-16)18-5-4-12-22(18)20(23)15-8-11-17(21)19(13-15)27(2,24)25/h6-11,13,18H,3-5,12H2,1-2H3. The van der Waals surface area contributed by atoms with Gasteiger partial charge in [0.1, 0.15) is 5.75 Å². The summed E-state index contributed by atoms with van der Waals surface area (Å²) in [5.74, 6) is 0.612. The SMILES string of the molecule is CCOc1ccc(C2CCCN2C(=O)c2ccc(Cl)c(S(C)(=O)=O)c2)cc1. The van der Waals surface area contributed by atoms with Gasteiger partial charge >= 0.3 is 0 Å². The summed E-state index contributed by atoms with van der Waals surface area (Å²) >= 11 is 5.99. The van der Waals surface area contributed by atoms with Crippen molar-refractivity contribution >= 4 is 27.3 Å². The van der Waals surface area contributed by atoms with Gasteiger partial charge in [-0.2, -0.15) is 0 Å². The molecule has 1 aliphatic heterocycles. The molecule has 1 amide bonds. The summed E-state index contributed by atoms with van der Waals surface area (Å²) in [6.07, 6.45) is 2.85. The molecular weight excluding hydrogens is 386 g/mol. The maximum atomic E-state index is 13.1. The molecule has 27 heavy (non-hydrogen) atoms. The number of hydrogen-bond donors (Lipinski definition) is 0. The lowest BCUT2D eigenvalue weighted by molar-refractivity contribution is 0.0735. The highest BCUT2D eigenvalue weighted by atomic mass is 35.5. The number of sulfone groups is 1. The Morgan fingerprint density at radius 2 is 1.93 bits per heavy atom. The van der Waals surface area contributed by atoms with E-state index in [9.17, 15) is 13.2 Å². The van der Waals surface area contributed by atoms with Crippen molar-refractivity contribution in [3.8, 4) is 5.75 Å². The second kappa shape index (κ2) is 7.90. The van der Waals surface area contributed by atoms with Crippen LogP contribution in [0.3, 0.4) is 0 Å². The minimum absolute atomic E-state index is 0.0215. The molecule has 0 aromatic heterocycles. The molecule has 3 rings (SSSR count). The molecule has 7 heteroatoms. The van der Waals surface area contributed by atoms with E-state index in [4.69, 9.17) is 16.3 Å². The summed E-state index contributed by atoms with van der Waals surface area (Å²) in [6.45, 7) is 3.17. The summed E-state index contributed by atoms with van der Waals surface area (Å²) in [5, 5.41) is 0.124. The number of rotatable bonds is 5. The summed E-state index contributed by atoms with van der Waals surface area (Å²) in [5.41, 5.74) is 1.37. The minimum atomic E-state index is -3.51. The number of nitrogens with zero attached hydrogens (tertiary/aromatic N) is 1. The lowest BCUT2D eigenvalue weighted by Gasteiger charge is -2.25. The van der Waals surface area contributed by atoms with E-state index in [2.05, 4.69) is 0 Å². The Hall–Kier alpha value is -2.05. The normalized spacial score (nSPS) is 17.1. The Morgan fingerprint density at radius 1 is 1.22 bits per heavy atom. The van der Waals surface area contributed by atoms with E-state index in [-0.39, 0.29) is 21.9 Å². The number of hydrogen-bond acceptors (Lipinski definition) is 4. The molecule has 1 saturated heterocycles. The number of carbonyl (C=O) groups excluding carboxylic acids is 1. The first-order valence-electron chi connectivity index (χ1n) is 8.84. The number of likely N-dealkylation sites (tertiary alicyclic amines) is 1. The van der Waals surface area contributed by atoms with Gasteiger partial charge in [0.25, 0.3) is 5.91 Å². The predicted molar refractivity (Wildman–Crippen MR) is 105 cm³/mol. The highest BCUT2D eigenvalue weighted by Crippen LogP contribution is 2.34. The van der Waals surface area contributed by atoms with E-state index in [1.165, 1.54) is 12.1 Å². The molecule has 1 atom stereocenters. The van der Waals surface area contributed by atoms with E-state index >= 15 is 0 Å². The van der Waals surface area contributed by atoms with E-state index in [0.29, 0.717) is 18.7 Å². The molecular formula is C20H22ClNO4S. The van der Waals surface area contributed by atoms with Gasteiger partial charge in [0, 0.05) is 18.4 Å². The molecule has 1 aliphatic rings. The topological polar surface area (TPSA) is 63.7 Å². The number of benzene rings is 2. The molecule has 0 saturated carbocycles. The maximum Gasteiger partial charge on any atom is 0.254 e. The van der Waals surface area contributed by atoms with Gasteiger partial charge < -0.3 is 9.64 Å². The predicted octanol–water partition coefficient (Wildman–Crippen LogP) is 4.12. The van der Waals surface area contributed by atoms with Gasteiger partial charge in [-0.15, -0.1) is 0 Å². The van der Waals surface area contributed by atoms with Crippen LogP contribution >= 0.6 is 11.6 Å². The van der Waals surface area contributed by atoms with Crippen molar-refractivity contribution in [1.82, 2.24) is 4.90 Å². The fourth-order valence-electron chi connectivity index (χ4n) is 3.40. The molecule has 1 fully saturated rings. The van der Waals surface area contributed by atoms with Crippen LogP contribution in [0, 0.1) is 0 Å². The van der Waals surface area contributed by atoms with Crippen LogP contribution < -0.4 is 4.74 Å². The van der Waals surface area contributed by atoms with Gasteiger partial charge in [0.2, 0.25) is 0 Å². The first kappa shape index (κ1) is 19.7. The van der Waals surface area contributed by atoms with Crippen molar-refractivity contribution in [3.63, 3.8) is 0 Å². The average molecular weight is 408 g/mol. The molecule has 1 heterocycles. The molecule has 0 N–H and O–H groups in total. The third kappa shape index (κ3) is 4.28. The lowest BCUT2D eigenvalue weighted by Crippen LogP contribution is -2.30.